The molecule has 0 amide bonds. The molecule has 1 aromatic heterocycles. The summed E-state index contributed by atoms with van der Waals surface area (Å²) >= 11 is 0. The number of aromatic amines is 1. The number of H-pyrrole nitrogens is 1. The minimum Gasteiger partial charge on any atom is -0.378 e. The van der Waals surface area contributed by atoms with Gasteiger partial charge in [0.2, 0.25) is 0 Å². The van der Waals surface area contributed by atoms with Crippen LogP contribution in [0.4, 0.5) is 0 Å². The molecule has 5 heteroatoms. The molecule has 0 aliphatic heterocycles. The van der Waals surface area contributed by atoms with Gasteiger partial charge in [-0.15, -0.1) is 0 Å². The Hall–Kier alpha value is -0.940. The smallest absolute Gasteiger partial charge is 0.141 e. The zero-order valence-electron chi connectivity index (χ0n) is 9.23. The van der Waals surface area contributed by atoms with Crippen molar-refractivity contribution in [3.8, 4) is 0 Å². The van der Waals surface area contributed by atoms with Crippen molar-refractivity contribution in [2.75, 3.05) is 6.61 Å². The number of aromatic nitrogens is 3. The fraction of sp³-hybridized carbons (Fsp3) is 0.800. The first-order chi connectivity index (χ1) is 7.29. The third kappa shape index (κ3) is 2.54. The van der Waals surface area contributed by atoms with Crippen molar-refractivity contribution in [2.45, 2.75) is 44.9 Å². The topological polar surface area (TPSA) is 62.8 Å². The molecule has 84 valence electrons. The second-order valence-electron chi connectivity index (χ2n) is 4.00. The molecular formula is C10H18N4O. The number of hydrogen-bond donors (Lipinski definition) is 2. The van der Waals surface area contributed by atoms with Gasteiger partial charge in [0, 0.05) is 12.6 Å². The molecule has 0 radical (unpaired) electrons. The Morgan fingerprint density at radius 1 is 1.67 bits per heavy atom. The van der Waals surface area contributed by atoms with Gasteiger partial charge in [0.05, 0.1) is 12.1 Å². The summed E-state index contributed by atoms with van der Waals surface area (Å²) in [6.07, 6.45) is 4.20. The molecule has 1 fully saturated rings. The van der Waals surface area contributed by atoms with Crippen LogP contribution in [0.15, 0.2) is 6.33 Å². The lowest BCUT2D eigenvalue weighted by molar-refractivity contribution is -0.0122. The molecule has 1 aliphatic rings. The van der Waals surface area contributed by atoms with E-state index in [4.69, 9.17) is 4.74 Å². The van der Waals surface area contributed by atoms with E-state index in [9.17, 15) is 0 Å². The summed E-state index contributed by atoms with van der Waals surface area (Å²) in [6.45, 7) is 4.95. The second-order valence-corrected chi connectivity index (χ2v) is 4.00. The number of nitrogens with one attached hydrogen (secondary N) is 2. The lowest BCUT2D eigenvalue weighted by atomic mass is 9.88. The van der Waals surface area contributed by atoms with Crippen LogP contribution in [0.25, 0.3) is 0 Å². The molecule has 0 bridgehead atoms. The quantitative estimate of drug-likeness (QED) is 0.761. The van der Waals surface area contributed by atoms with Gasteiger partial charge in [0.15, 0.2) is 0 Å². The first-order valence-electron chi connectivity index (χ1n) is 5.52. The van der Waals surface area contributed by atoms with Gasteiger partial charge >= 0.3 is 0 Å². The summed E-state index contributed by atoms with van der Waals surface area (Å²) < 4.78 is 5.50. The maximum absolute atomic E-state index is 5.50. The molecule has 0 aromatic carbocycles. The molecule has 5 nitrogen and oxygen atoms in total. The standard InChI is InChI=1S/C10H18N4O/c1-3-15-9-4-8(5-9)13-7(2)10-11-6-12-14-10/h6-9,13H,3-5H2,1-2H3,(H,11,12,14). The van der Waals surface area contributed by atoms with E-state index in [-0.39, 0.29) is 6.04 Å². The van der Waals surface area contributed by atoms with E-state index >= 15 is 0 Å². The average molecular weight is 210 g/mol. The van der Waals surface area contributed by atoms with Crippen LogP contribution in [0.1, 0.15) is 38.6 Å². The highest BCUT2D eigenvalue weighted by Gasteiger charge is 2.30. The van der Waals surface area contributed by atoms with Gasteiger partial charge in [-0.05, 0) is 26.7 Å². The first-order valence-corrected chi connectivity index (χ1v) is 5.52. The van der Waals surface area contributed by atoms with Crippen LogP contribution in [-0.4, -0.2) is 33.9 Å². The highest BCUT2D eigenvalue weighted by molar-refractivity contribution is 4.94. The molecule has 15 heavy (non-hydrogen) atoms. The summed E-state index contributed by atoms with van der Waals surface area (Å²) in [7, 11) is 0. The van der Waals surface area contributed by atoms with E-state index in [0.29, 0.717) is 12.1 Å². The number of hydrogen-bond acceptors (Lipinski definition) is 4. The fourth-order valence-electron chi connectivity index (χ4n) is 1.93. The normalized spacial score (nSPS) is 27.3. The summed E-state index contributed by atoms with van der Waals surface area (Å²) in [6, 6.07) is 0.793. The van der Waals surface area contributed by atoms with Crippen LogP contribution in [0.3, 0.4) is 0 Å². The van der Waals surface area contributed by atoms with Gasteiger partial charge < -0.3 is 10.1 Å². The highest BCUT2D eigenvalue weighted by atomic mass is 16.5. The van der Waals surface area contributed by atoms with E-state index < -0.39 is 0 Å². The molecular weight excluding hydrogens is 192 g/mol. The van der Waals surface area contributed by atoms with Crippen LogP contribution in [0.5, 0.6) is 0 Å². The minimum absolute atomic E-state index is 0.236. The molecule has 1 aromatic rings. The Morgan fingerprint density at radius 2 is 2.47 bits per heavy atom. The van der Waals surface area contributed by atoms with Crippen molar-refractivity contribution in [3.63, 3.8) is 0 Å². The zero-order chi connectivity index (χ0) is 10.7. The van der Waals surface area contributed by atoms with Crippen LogP contribution in [0, 0.1) is 0 Å². The molecule has 0 spiro atoms. The third-order valence-corrected chi connectivity index (χ3v) is 2.83. The number of nitrogens with zero attached hydrogens (tertiary/aromatic N) is 2. The first kappa shape index (κ1) is 10.6. The average Bonchev–Trinajstić information content (AvgIpc) is 2.67. The summed E-state index contributed by atoms with van der Waals surface area (Å²) in [5.74, 6) is 0.898. The second kappa shape index (κ2) is 4.72. The van der Waals surface area contributed by atoms with Gasteiger partial charge in [0.1, 0.15) is 12.2 Å². The zero-order valence-corrected chi connectivity index (χ0v) is 9.23. The fourth-order valence-corrected chi connectivity index (χ4v) is 1.93. The highest BCUT2D eigenvalue weighted by Crippen LogP contribution is 2.25. The van der Waals surface area contributed by atoms with Crippen LogP contribution < -0.4 is 5.32 Å². The number of rotatable bonds is 5. The lowest BCUT2D eigenvalue weighted by Gasteiger charge is -2.36. The van der Waals surface area contributed by atoms with Crippen LogP contribution >= 0.6 is 0 Å². The predicted octanol–water partition coefficient (Wildman–Crippen LogP) is 1.02. The molecule has 1 unspecified atom stereocenters. The molecule has 2 rings (SSSR count). The van der Waals surface area contributed by atoms with Gasteiger partial charge in [-0.25, -0.2) is 4.98 Å². The molecule has 0 saturated heterocycles. The largest absolute Gasteiger partial charge is 0.378 e. The van der Waals surface area contributed by atoms with E-state index in [1.54, 1.807) is 0 Å². The molecule has 1 atom stereocenters. The third-order valence-electron chi connectivity index (χ3n) is 2.83. The van der Waals surface area contributed by atoms with Crippen molar-refractivity contribution in [3.05, 3.63) is 12.2 Å². The maximum atomic E-state index is 5.50. The van der Waals surface area contributed by atoms with Crippen molar-refractivity contribution in [1.82, 2.24) is 20.5 Å². The van der Waals surface area contributed by atoms with Gasteiger partial charge in [0.25, 0.3) is 0 Å². The van der Waals surface area contributed by atoms with E-state index in [1.807, 2.05) is 6.92 Å². The summed E-state index contributed by atoms with van der Waals surface area (Å²) in [5.41, 5.74) is 0. The molecule has 1 saturated carbocycles. The maximum Gasteiger partial charge on any atom is 0.141 e. The van der Waals surface area contributed by atoms with Gasteiger partial charge in [-0.3, -0.25) is 5.10 Å². The summed E-state index contributed by atoms with van der Waals surface area (Å²) in [4.78, 5) is 4.12. The molecule has 1 aliphatic carbocycles. The Morgan fingerprint density at radius 3 is 3.07 bits per heavy atom. The van der Waals surface area contributed by atoms with Gasteiger partial charge in [-0.2, -0.15) is 5.10 Å². The summed E-state index contributed by atoms with van der Waals surface area (Å²) in [5, 5.41) is 10.2. The SMILES string of the molecule is CCOC1CC(NC(C)c2ncn[nH]2)C1. The minimum atomic E-state index is 0.236. The predicted molar refractivity (Wildman–Crippen MR) is 56.4 cm³/mol. The Balaban J connectivity index is 1.71. The Kier molecular flexibility index (Phi) is 3.33. The van der Waals surface area contributed by atoms with Crippen LogP contribution in [-0.2, 0) is 4.74 Å². The van der Waals surface area contributed by atoms with Gasteiger partial charge in [-0.1, -0.05) is 0 Å². The van der Waals surface area contributed by atoms with Crippen molar-refractivity contribution >= 4 is 0 Å². The monoisotopic (exact) mass is 210 g/mol. The number of ether oxygens (including phenoxy) is 1. The van der Waals surface area contributed by atoms with Crippen LogP contribution in [0.2, 0.25) is 0 Å². The van der Waals surface area contributed by atoms with Crippen molar-refractivity contribution < 1.29 is 4.74 Å². The Labute approximate surface area is 89.6 Å². The Bertz CT molecular complexity index is 282. The molecule has 1 heterocycles. The van der Waals surface area contributed by atoms with Crippen molar-refractivity contribution in [2.24, 2.45) is 0 Å². The van der Waals surface area contributed by atoms with Crippen molar-refractivity contribution in [1.29, 1.82) is 0 Å². The van der Waals surface area contributed by atoms with E-state index in [1.165, 1.54) is 6.33 Å². The van der Waals surface area contributed by atoms with E-state index in [0.717, 1.165) is 25.3 Å². The lowest BCUT2D eigenvalue weighted by Crippen LogP contribution is -2.46. The van der Waals surface area contributed by atoms with E-state index in [2.05, 4.69) is 27.4 Å². The molecule has 2 N–H and O–H groups in total.